The first-order valence-electron chi connectivity index (χ1n) is 6.92. The molecule has 1 aromatic rings. The van der Waals surface area contributed by atoms with E-state index in [2.05, 4.69) is 17.0 Å². The number of nitrogens with one attached hydrogen (secondary N) is 1. The van der Waals surface area contributed by atoms with E-state index in [1.165, 1.54) is 7.11 Å². The molecule has 0 spiro atoms. The van der Waals surface area contributed by atoms with E-state index in [1.54, 1.807) is 13.0 Å². The van der Waals surface area contributed by atoms with Gasteiger partial charge in [0.25, 0.3) is 0 Å². The summed E-state index contributed by atoms with van der Waals surface area (Å²) in [5, 5.41) is 13.4. The largest absolute Gasteiger partial charge is 0.465 e. The number of aliphatic hydroxyl groups is 1. The van der Waals surface area contributed by atoms with E-state index in [0.717, 1.165) is 6.42 Å². The molecule has 20 heavy (non-hydrogen) atoms. The summed E-state index contributed by atoms with van der Waals surface area (Å²) in [7, 11) is 1.34. The van der Waals surface area contributed by atoms with E-state index in [9.17, 15) is 9.90 Å². The average Bonchev–Trinajstić information content (AvgIpc) is 2.77. The van der Waals surface area contributed by atoms with Crippen LogP contribution >= 0.6 is 0 Å². The fraction of sp³-hybridized carbons (Fsp3) is 0.667. The van der Waals surface area contributed by atoms with Gasteiger partial charge in [0.2, 0.25) is 0 Å². The van der Waals surface area contributed by atoms with Crippen LogP contribution in [0.2, 0.25) is 0 Å². The zero-order valence-electron chi connectivity index (χ0n) is 12.9. The standard InChI is InChI=1S/C15H25NO4/c1-6-10(2)15(4,18)9-16-8-12-7-13(11(3)20-12)14(17)19-5/h7,10,16,18H,6,8-9H2,1-5H3. The van der Waals surface area contributed by atoms with Gasteiger partial charge in [-0.15, -0.1) is 0 Å². The first-order valence-corrected chi connectivity index (χ1v) is 6.92. The molecular weight excluding hydrogens is 258 g/mol. The lowest BCUT2D eigenvalue weighted by Gasteiger charge is -2.29. The minimum atomic E-state index is -0.762. The van der Waals surface area contributed by atoms with Crippen molar-refractivity contribution >= 4 is 5.97 Å². The lowest BCUT2D eigenvalue weighted by molar-refractivity contribution is 0.00503. The maximum atomic E-state index is 11.5. The number of aryl methyl sites for hydroxylation is 1. The van der Waals surface area contributed by atoms with Crippen molar-refractivity contribution in [2.75, 3.05) is 13.7 Å². The second kappa shape index (κ2) is 6.90. The van der Waals surface area contributed by atoms with Gasteiger partial charge in [0.1, 0.15) is 17.1 Å². The normalized spacial score (nSPS) is 15.7. The summed E-state index contributed by atoms with van der Waals surface area (Å²) in [5.41, 5.74) is -0.320. The van der Waals surface area contributed by atoms with E-state index in [1.807, 2.05) is 13.8 Å². The van der Waals surface area contributed by atoms with Crippen molar-refractivity contribution in [1.82, 2.24) is 5.32 Å². The number of methoxy groups -OCH3 is 1. The van der Waals surface area contributed by atoms with Crippen molar-refractivity contribution in [3.05, 3.63) is 23.2 Å². The Morgan fingerprint density at radius 3 is 2.80 bits per heavy atom. The number of carbonyl (C=O) groups excluding carboxylic acids is 1. The maximum absolute atomic E-state index is 11.5. The Hall–Kier alpha value is -1.33. The molecule has 0 aliphatic heterocycles. The van der Waals surface area contributed by atoms with Gasteiger partial charge in [0, 0.05) is 6.54 Å². The average molecular weight is 283 g/mol. The van der Waals surface area contributed by atoms with Gasteiger partial charge in [-0.05, 0) is 25.8 Å². The number of rotatable bonds is 7. The fourth-order valence-electron chi connectivity index (χ4n) is 2.00. The molecule has 5 nitrogen and oxygen atoms in total. The Balaban J connectivity index is 2.57. The Kier molecular flexibility index (Phi) is 5.77. The monoisotopic (exact) mass is 283 g/mol. The number of esters is 1. The molecule has 5 heteroatoms. The summed E-state index contributed by atoms with van der Waals surface area (Å²) in [4.78, 5) is 11.5. The maximum Gasteiger partial charge on any atom is 0.341 e. The number of hydrogen-bond acceptors (Lipinski definition) is 5. The second-order valence-electron chi connectivity index (χ2n) is 5.44. The van der Waals surface area contributed by atoms with Gasteiger partial charge in [-0.25, -0.2) is 4.79 Å². The molecule has 0 bridgehead atoms. The third kappa shape index (κ3) is 4.08. The van der Waals surface area contributed by atoms with E-state index >= 15 is 0 Å². The molecule has 2 atom stereocenters. The van der Waals surface area contributed by atoms with Crippen LogP contribution in [0, 0.1) is 12.8 Å². The molecule has 0 amide bonds. The third-order valence-electron chi connectivity index (χ3n) is 3.83. The van der Waals surface area contributed by atoms with Crippen LogP contribution in [0.1, 0.15) is 49.1 Å². The molecule has 0 aromatic carbocycles. The van der Waals surface area contributed by atoms with Crippen LogP contribution in [0.25, 0.3) is 0 Å². The van der Waals surface area contributed by atoms with Crippen molar-refractivity contribution in [1.29, 1.82) is 0 Å². The highest BCUT2D eigenvalue weighted by Crippen LogP contribution is 2.20. The third-order valence-corrected chi connectivity index (χ3v) is 3.83. The highest BCUT2D eigenvalue weighted by molar-refractivity contribution is 5.90. The van der Waals surface area contributed by atoms with Crippen molar-refractivity contribution in [3.8, 4) is 0 Å². The van der Waals surface area contributed by atoms with Gasteiger partial charge in [0.15, 0.2) is 0 Å². The van der Waals surface area contributed by atoms with Gasteiger partial charge in [-0.2, -0.15) is 0 Å². The zero-order chi connectivity index (χ0) is 15.3. The highest BCUT2D eigenvalue weighted by atomic mass is 16.5. The molecule has 0 radical (unpaired) electrons. The van der Waals surface area contributed by atoms with Crippen LogP contribution in [-0.2, 0) is 11.3 Å². The Bertz CT molecular complexity index is 451. The van der Waals surface area contributed by atoms with Crippen molar-refractivity contribution in [3.63, 3.8) is 0 Å². The Morgan fingerprint density at radius 2 is 2.25 bits per heavy atom. The molecule has 0 fully saturated rings. The number of ether oxygens (including phenoxy) is 1. The predicted molar refractivity (Wildman–Crippen MR) is 76.6 cm³/mol. The topological polar surface area (TPSA) is 71.7 Å². The molecule has 114 valence electrons. The van der Waals surface area contributed by atoms with Crippen molar-refractivity contribution < 1.29 is 19.1 Å². The van der Waals surface area contributed by atoms with E-state index in [4.69, 9.17) is 4.42 Å². The zero-order valence-corrected chi connectivity index (χ0v) is 12.9. The summed E-state index contributed by atoms with van der Waals surface area (Å²) in [6, 6.07) is 1.67. The molecule has 1 aromatic heterocycles. The summed E-state index contributed by atoms with van der Waals surface area (Å²) >= 11 is 0. The quantitative estimate of drug-likeness (QED) is 0.751. The van der Waals surface area contributed by atoms with Gasteiger partial charge in [-0.3, -0.25) is 0 Å². The first-order chi connectivity index (χ1) is 9.31. The van der Waals surface area contributed by atoms with E-state index < -0.39 is 11.6 Å². The molecule has 2 N–H and O–H groups in total. The minimum Gasteiger partial charge on any atom is -0.465 e. The molecule has 2 unspecified atom stereocenters. The van der Waals surface area contributed by atoms with Gasteiger partial charge < -0.3 is 19.6 Å². The van der Waals surface area contributed by atoms with Crippen LogP contribution in [0.15, 0.2) is 10.5 Å². The molecule has 0 saturated carbocycles. The van der Waals surface area contributed by atoms with Crippen molar-refractivity contribution in [2.24, 2.45) is 5.92 Å². The Morgan fingerprint density at radius 1 is 1.60 bits per heavy atom. The molecule has 0 aliphatic carbocycles. The molecule has 1 rings (SSSR count). The van der Waals surface area contributed by atoms with Gasteiger partial charge >= 0.3 is 5.97 Å². The van der Waals surface area contributed by atoms with Crippen molar-refractivity contribution in [2.45, 2.75) is 46.3 Å². The molecule has 0 aliphatic rings. The number of hydrogen-bond donors (Lipinski definition) is 2. The van der Waals surface area contributed by atoms with Crippen LogP contribution in [0.5, 0.6) is 0 Å². The summed E-state index contributed by atoms with van der Waals surface area (Å²) < 4.78 is 10.2. The number of carbonyl (C=O) groups is 1. The van der Waals surface area contributed by atoms with Crippen LogP contribution < -0.4 is 5.32 Å². The van der Waals surface area contributed by atoms with Crippen LogP contribution in [0.3, 0.4) is 0 Å². The molecule has 0 saturated heterocycles. The van der Waals surface area contributed by atoms with E-state index in [-0.39, 0.29) is 5.92 Å². The summed E-state index contributed by atoms with van der Waals surface area (Å²) in [6.45, 7) is 8.55. The van der Waals surface area contributed by atoms with Gasteiger partial charge in [0.05, 0.1) is 19.3 Å². The summed E-state index contributed by atoms with van der Waals surface area (Å²) in [6.07, 6.45) is 0.918. The predicted octanol–water partition coefficient (Wildman–Crippen LogP) is 2.26. The van der Waals surface area contributed by atoms with E-state index in [0.29, 0.717) is 30.2 Å². The van der Waals surface area contributed by atoms with Gasteiger partial charge in [-0.1, -0.05) is 20.3 Å². The lowest BCUT2D eigenvalue weighted by atomic mass is 9.89. The van der Waals surface area contributed by atoms with Crippen LogP contribution in [-0.4, -0.2) is 30.3 Å². The SMILES string of the molecule is CCC(C)C(C)(O)CNCc1cc(C(=O)OC)c(C)o1. The Labute approximate surface area is 120 Å². The molecule has 1 heterocycles. The second-order valence-corrected chi connectivity index (χ2v) is 5.44. The van der Waals surface area contributed by atoms with Crippen LogP contribution in [0.4, 0.5) is 0 Å². The first kappa shape index (κ1) is 16.7. The summed E-state index contributed by atoms with van der Waals surface area (Å²) in [5.74, 6) is 1.01. The molecular formula is C15H25NO4. The minimum absolute atomic E-state index is 0.207. The highest BCUT2D eigenvalue weighted by Gasteiger charge is 2.26. The number of furan rings is 1. The smallest absolute Gasteiger partial charge is 0.341 e. The lowest BCUT2D eigenvalue weighted by Crippen LogP contribution is -2.42. The fourth-order valence-corrected chi connectivity index (χ4v) is 2.00.